The summed E-state index contributed by atoms with van der Waals surface area (Å²) in [6.07, 6.45) is 1.55. The third-order valence-corrected chi connectivity index (χ3v) is 5.60. The number of halogens is 2. The van der Waals surface area contributed by atoms with E-state index in [4.69, 9.17) is 27.6 Å². The lowest BCUT2D eigenvalue weighted by Crippen LogP contribution is -2.50. The summed E-state index contributed by atoms with van der Waals surface area (Å²) in [5, 5.41) is 5.35. The van der Waals surface area contributed by atoms with Gasteiger partial charge >= 0.3 is 0 Å². The molecular weight excluding hydrogens is 415 g/mol. The van der Waals surface area contributed by atoms with Crippen LogP contribution in [0.1, 0.15) is 17.4 Å². The molecule has 0 unspecified atom stereocenters. The van der Waals surface area contributed by atoms with E-state index in [-0.39, 0.29) is 11.8 Å². The molecule has 0 atom stereocenters. The maximum atomic E-state index is 13.3. The summed E-state index contributed by atoms with van der Waals surface area (Å²) in [6.45, 7) is 3.47. The van der Waals surface area contributed by atoms with E-state index in [0.717, 1.165) is 0 Å². The van der Waals surface area contributed by atoms with Gasteiger partial charge in [0, 0.05) is 39.2 Å². The molecule has 0 aliphatic carbocycles. The topological polar surface area (TPSA) is 71.6 Å². The summed E-state index contributed by atoms with van der Waals surface area (Å²) in [4.78, 5) is 28.3. The van der Waals surface area contributed by atoms with E-state index in [2.05, 4.69) is 5.10 Å². The first kappa shape index (κ1) is 19.5. The van der Waals surface area contributed by atoms with Crippen molar-refractivity contribution in [3.63, 3.8) is 0 Å². The lowest BCUT2D eigenvalue weighted by atomic mass is 10.2. The molecule has 0 bridgehead atoms. The van der Waals surface area contributed by atoms with Crippen LogP contribution in [0.4, 0.5) is 0 Å². The van der Waals surface area contributed by atoms with Crippen LogP contribution in [0.15, 0.2) is 47.1 Å². The van der Waals surface area contributed by atoms with Crippen molar-refractivity contribution in [3.8, 4) is 17.1 Å². The van der Waals surface area contributed by atoms with Crippen molar-refractivity contribution in [3.05, 3.63) is 58.4 Å². The Morgan fingerprint density at radius 3 is 2.34 bits per heavy atom. The van der Waals surface area contributed by atoms with Gasteiger partial charge in [-0.2, -0.15) is 5.10 Å². The minimum atomic E-state index is -0.176. The fourth-order valence-corrected chi connectivity index (χ4v) is 3.57. The number of furan rings is 1. The van der Waals surface area contributed by atoms with E-state index >= 15 is 0 Å². The highest BCUT2D eigenvalue weighted by molar-refractivity contribution is 6.42. The summed E-state index contributed by atoms with van der Waals surface area (Å²) in [5.41, 5.74) is 1.53. The van der Waals surface area contributed by atoms with E-state index in [9.17, 15) is 9.59 Å². The van der Waals surface area contributed by atoms with Crippen LogP contribution in [0.2, 0.25) is 10.0 Å². The number of benzene rings is 1. The number of carbonyl (C=O) groups excluding carboxylic acids is 2. The smallest absolute Gasteiger partial charge is 0.272 e. The van der Waals surface area contributed by atoms with Crippen LogP contribution in [-0.2, 0) is 4.79 Å². The van der Waals surface area contributed by atoms with E-state index in [0.29, 0.717) is 59.1 Å². The summed E-state index contributed by atoms with van der Waals surface area (Å²) in [6, 6.07) is 10.3. The zero-order valence-electron chi connectivity index (χ0n) is 15.6. The molecule has 29 heavy (non-hydrogen) atoms. The maximum Gasteiger partial charge on any atom is 0.272 e. The second-order valence-corrected chi connectivity index (χ2v) is 7.52. The number of amides is 2. The SMILES string of the molecule is CC(=O)N1CCN(C(=O)c2cc(-c3ccco3)nn2-c2ccc(Cl)c(Cl)c2)CC1. The Morgan fingerprint density at radius 1 is 1.00 bits per heavy atom. The Kier molecular flexibility index (Phi) is 5.34. The molecular formula is C20H18Cl2N4O3. The molecule has 1 aromatic carbocycles. The highest BCUT2D eigenvalue weighted by atomic mass is 35.5. The molecule has 1 aliphatic rings. The zero-order chi connectivity index (χ0) is 20.5. The van der Waals surface area contributed by atoms with Gasteiger partial charge in [-0.15, -0.1) is 0 Å². The number of carbonyl (C=O) groups is 2. The second kappa shape index (κ2) is 7.93. The highest BCUT2D eigenvalue weighted by Crippen LogP contribution is 2.28. The normalized spacial score (nSPS) is 14.3. The molecule has 150 valence electrons. The molecule has 0 saturated carbocycles. The lowest BCUT2D eigenvalue weighted by molar-refractivity contribution is -0.130. The minimum absolute atomic E-state index is 0.0121. The average molecular weight is 433 g/mol. The van der Waals surface area contributed by atoms with E-state index in [1.807, 2.05) is 0 Å². The predicted octanol–water partition coefficient (Wildman–Crippen LogP) is 3.74. The summed E-state index contributed by atoms with van der Waals surface area (Å²) in [7, 11) is 0. The molecule has 7 nitrogen and oxygen atoms in total. The second-order valence-electron chi connectivity index (χ2n) is 6.70. The molecule has 3 heterocycles. The molecule has 1 aliphatic heterocycles. The number of piperazine rings is 1. The predicted molar refractivity (Wildman–Crippen MR) is 109 cm³/mol. The average Bonchev–Trinajstić information content (AvgIpc) is 3.39. The lowest BCUT2D eigenvalue weighted by Gasteiger charge is -2.34. The van der Waals surface area contributed by atoms with E-state index < -0.39 is 0 Å². The van der Waals surface area contributed by atoms with Crippen LogP contribution in [-0.4, -0.2) is 57.6 Å². The number of aromatic nitrogens is 2. The van der Waals surface area contributed by atoms with Crippen molar-refractivity contribution in [1.29, 1.82) is 0 Å². The Morgan fingerprint density at radius 2 is 1.72 bits per heavy atom. The molecule has 2 aromatic heterocycles. The van der Waals surface area contributed by atoms with Gasteiger partial charge in [-0.1, -0.05) is 23.2 Å². The standard InChI is InChI=1S/C20H18Cl2N4O3/c1-13(27)24-6-8-25(9-7-24)20(28)18-12-17(19-3-2-10-29-19)23-26(18)14-4-5-15(21)16(22)11-14/h2-5,10-12H,6-9H2,1H3. The number of hydrogen-bond acceptors (Lipinski definition) is 4. The maximum absolute atomic E-state index is 13.3. The van der Waals surface area contributed by atoms with Gasteiger partial charge in [0.15, 0.2) is 5.76 Å². The van der Waals surface area contributed by atoms with E-state index in [1.54, 1.807) is 57.1 Å². The van der Waals surface area contributed by atoms with Gasteiger partial charge in [-0.3, -0.25) is 9.59 Å². The minimum Gasteiger partial charge on any atom is -0.463 e. The van der Waals surface area contributed by atoms with Crippen LogP contribution in [0.5, 0.6) is 0 Å². The molecule has 1 fully saturated rings. The van der Waals surface area contributed by atoms with Gasteiger partial charge < -0.3 is 14.2 Å². The number of rotatable bonds is 3. The van der Waals surface area contributed by atoms with Crippen LogP contribution in [0.3, 0.4) is 0 Å². The first-order chi connectivity index (χ1) is 13.9. The van der Waals surface area contributed by atoms with E-state index in [1.165, 1.54) is 6.92 Å². The molecule has 9 heteroatoms. The summed E-state index contributed by atoms with van der Waals surface area (Å²) >= 11 is 12.2. The van der Waals surface area contributed by atoms with Crippen molar-refractivity contribution in [2.24, 2.45) is 0 Å². The van der Waals surface area contributed by atoms with Gasteiger partial charge in [-0.05, 0) is 30.3 Å². The van der Waals surface area contributed by atoms with Gasteiger partial charge in [0.05, 0.1) is 22.0 Å². The monoisotopic (exact) mass is 432 g/mol. The molecule has 0 radical (unpaired) electrons. The van der Waals surface area contributed by atoms with Crippen LogP contribution in [0, 0.1) is 0 Å². The molecule has 0 spiro atoms. The molecule has 2 amide bonds. The fourth-order valence-electron chi connectivity index (χ4n) is 3.28. The number of nitrogens with zero attached hydrogens (tertiary/aromatic N) is 4. The summed E-state index contributed by atoms with van der Waals surface area (Å²) < 4.78 is 6.98. The Bertz CT molecular complexity index is 1050. The Hall–Kier alpha value is -2.77. The third-order valence-electron chi connectivity index (χ3n) is 4.86. The van der Waals surface area contributed by atoms with Gasteiger partial charge in [0.2, 0.25) is 5.91 Å². The largest absolute Gasteiger partial charge is 0.463 e. The Labute approximate surface area is 177 Å². The van der Waals surface area contributed by atoms with Crippen molar-refractivity contribution in [2.45, 2.75) is 6.92 Å². The first-order valence-electron chi connectivity index (χ1n) is 9.08. The van der Waals surface area contributed by atoms with Crippen molar-refractivity contribution in [1.82, 2.24) is 19.6 Å². The fraction of sp³-hybridized carbons (Fsp3) is 0.250. The molecule has 4 rings (SSSR count). The molecule has 0 N–H and O–H groups in total. The summed E-state index contributed by atoms with van der Waals surface area (Å²) in [5.74, 6) is 0.391. The van der Waals surface area contributed by atoms with Crippen LogP contribution in [0.25, 0.3) is 17.1 Å². The highest BCUT2D eigenvalue weighted by Gasteiger charge is 2.27. The van der Waals surface area contributed by atoms with Crippen LogP contribution >= 0.6 is 23.2 Å². The van der Waals surface area contributed by atoms with Gasteiger partial charge in [0.25, 0.3) is 5.91 Å². The molecule has 3 aromatic rings. The third kappa shape index (κ3) is 3.88. The van der Waals surface area contributed by atoms with Crippen LogP contribution < -0.4 is 0 Å². The Balaban J connectivity index is 1.70. The zero-order valence-corrected chi connectivity index (χ0v) is 17.2. The van der Waals surface area contributed by atoms with Crippen molar-refractivity contribution < 1.29 is 14.0 Å². The van der Waals surface area contributed by atoms with Crippen molar-refractivity contribution >= 4 is 35.0 Å². The molecule has 1 saturated heterocycles. The number of hydrogen-bond donors (Lipinski definition) is 0. The first-order valence-corrected chi connectivity index (χ1v) is 9.84. The van der Waals surface area contributed by atoms with Gasteiger partial charge in [-0.25, -0.2) is 4.68 Å². The quantitative estimate of drug-likeness (QED) is 0.631. The van der Waals surface area contributed by atoms with Gasteiger partial charge in [0.1, 0.15) is 11.4 Å². The van der Waals surface area contributed by atoms with Crippen molar-refractivity contribution in [2.75, 3.05) is 26.2 Å².